The van der Waals surface area contributed by atoms with E-state index in [1.54, 1.807) is 27.4 Å². The third-order valence-corrected chi connectivity index (χ3v) is 4.55. The van der Waals surface area contributed by atoms with Crippen LogP contribution >= 0.6 is 15.9 Å². The molecule has 0 saturated carbocycles. The lowest BCUT2D eigenvalue weighted by Gasteiger charge is -2.17. The van der Waals surface area contributed by atoms with Crippen LogP contribution in [0.1, 0.15) is 0 Å². The quantitative estimate of drug-likeness (QED) is 0.682. The average Bonchev–Trinajstić information content (AvgIpc) is 2.61. The van der Waals surface area contributed by atoms with E-state index in [0.717, 1.165) is 16.3 Å². The van der Waals surface area contributed by atoms with Crippen molar-refractivity contribution in [2.24, 2.45) is 0 Å². The van der Waals surface area contributed by atoms with Gasteiger partial charge in [0.1, 0.15) is 11.5 Å². The molecule has 0 fully saturated rings. The first-order chi connectivity index (χ1) is 11.6. The van der Waals surface area contributed by atoms with Crippen LogP contribution in [0.25, 0.3) is 21.9 Å². The maximum absolute atomic E-state index is 10.7. The van der Waals surface area contributed by atoms with E-state index >= 15 is 0 Å². The van der Waals surface area contributed by atoms with Crippen molar-refractivity contribution in [3.8, 4) is 34.1 Å². The predicted octanol–water partition coefficient (Wildman–Crippen LogP) is 5.00. The van der Waals surface area contributed by atoms with Gasteiger partial charge >= 0.3 is 0 Å². The number of methoxy groups -OCH3 is 3. The molecule has 0 aliphatic heterocycles. The number of benzene rings is 3. The minimum atomic E-state index is 0.152. The van der Waals surface area contributed by atoms with E-state index in [1.807, 2.05) is 36.4 Å². The van der Waals surface area contributed by atoms with Gasteiger partial charge in [0.15, 0.2) is 11.5 Å². The lowest BCUT2D eigenvalue weighted by molar-refractivity contribution is 0.349. The number of hydrogen-bond acceptors (Lipinski definition) is 4. The smallest absolute Gasteiger partial charge is 0.164 e. The minimum Gasteiger partial charge on any atom is -0.506 e. The molecule has 0 atom stereocenters. The van der Waals surface area contributed by atoms with Crippen molar-refractivity contribution in [3.05, 3.63) is 46.9 Å². The molecule has 0 unspecified atom stereocenters. The first-order valence-corrected chi connectivity index (χ1v) is 8.10. The largest absolute Gasteiger partial charge is 0.506 e. The summed E-state index contributed by atoms with van der Waals surface area (Å²) in [7, 11) is 4.73. The van der Waals surface area contributed by atoms with Crippen LogP contribution in [0.4, 0.5) is 0 Å². The van der Waals surface area contributed by atoms with Gasteiger partial charge in [-0.15, -0.1) is 0 Å². The molecule has 0 aliphatic rings. The van der Waals surface area contributed by atoms with Crippen LogP contribution in [0.5, 0.6) is 23.0 Å². The molecule has 1 N–H and O–H groups in total. The van der Waals surface area contributed by atoms with E-state index in [4.69, 9.17) is 14.2 Å². The molecule has 0 saturated heterocycles. The second kappa shape index (κ2) is 6.61. The number of rotatable bonds is 4. The Morgan fingerprint density at radius 2 is 1.46 bits per heavy atom. The minimum absolute atomic E-state index is 0.152. The van der Waals surface area contributed by atoms with Gasteiger partial charge in [-0.3, -0.25) is 0 Å². The first-order valence-electron chi connectivity index (χ1n) is 7.31. The molecule has 0 spiro atoms. The summed E-state index contributed by atoms with van der Waals surface area (Å²) >= 11 is 3.43. The SMILES string of the molecule is COc1cc(OC)c(-c2c(O)c(Br)cc3ccccc23)cc1OC. The van der Waals surface area contributed by atoms with Crippen LogP contribution in [0, 0.1) is 0 Å². The summed E-state index contributed by atoms with van der Waals surface area (Å²) in [5.74, 6) is 1.87. The number of fused-ring (bicyclic) bond motifs is 1. The number of phenols is 1. The Morgan fingerprint density at radius 1 is 0.833 bits per heavy atom. The molecule has 0 amide bonds. The molecular weight excluding hydrogens is 372 g/mol. The molecule has 0 radical (unpaired) electrons. The molecule has 4 nitrogen and oxygen atoms in total. The van der Waals surface area contributed by atoms with E-state index in [-0.39, 0.29) is 5.75 Å². The maximum Gasteiger partial charge on any atom is 0.164 e. The monoisotopic (exact) mass is 388 g/mol. The Morgan fingerprint density at radius 3 is 2.12 bits per heavy atom. The van der Waals surface area contributed by atoms with Crippen LogP contribution in [0.2, 0.25) is 0 Å². The number of hydrogen-bond donors (Lipinski definition) is 1. The van der Waals surface area contributed by atoms with Gasteiger partial charge in [-0.2, -0.15) is 0 Å². The Balaban J connectivity index is 2.41. The summed E-state index contributed by atoms with van der Waals surface area (Å²) in [6.07, 6.45) is 0. The third kappa shape index (κ3) is 2.65. The maximum atomic E-state index is 10.7. The van der Waals surface area contributed by atoms with Crippen LogP contribution in [0.3, 0.4) is 0 Å². The van der Waals surface area contributed by atoms with Crippen LogP contribution in [-0.2, 0) is 0 Å². The van der Waals surface area contributed by atoms with E-state index in [2.05, 4.69) is 15.9 Å². The van der Waals surface area contributed by atoms with Gasteiger partial charge in [0.05, 0.1) is 25.8 Å². The standard InChI is InChI=1S/C19H17BrO4/c1-22-15-10-17(24-3)16(23-2)9-13(15)18-12-7-5-4-6-11(12)8-14(20)19(18)21/h4-10,21H,1-3H3. The highest BCUT2D eigenvalue weighted by atomic mass is 79.9. The second-order valence-electron chi connectivity index (χ2n) is 5.21. The predicted molar refractivity (Wildman–Crippen MR) is 98.4 cm³/mol. The molecule has 3 aromatic rings. The van der Waals surface area contributed by atoms with Gasteiger partial charge in [-0.05, 0) is 38.8 Å². The molecule has 0 bridgehead atoms. The van der Waals surface area contributed by atoms with Crippen molar-refractivity contribution in [1.29, 1.82) is 0 Å². The molecule has 3 rings (SSSR count). The highest BCUT2D eigenvalue weighted by Crippen LogP contribution is 2.47. The molecule has 0 heterocycles. The molecule has 3 aromatic carbocycles. The summed E-state index contributed by atoms with van der Waals surface area (Å²) < 4.78 is 16.9. The zero-order valence-electron chi connectivity index (χ0n) is 13.6. The summed E-state index contributed by atoms with van der Waals surface area (Å²) in [6, 6.07) is 13.3. The van der Waals surface area contributed by atoms with Crippen molar-refractivity contribution < 1.29 is 19.3 Å². The Bertz CT molecular complexity index is 905. The van der Waals surface area contributed by atoms with Crippen molar-refractivity contribution in [2.75, 3.05) is 21.3 Å². The number of phenolic OH excluding ortho intramolecular Hbond substituents is 1. The summed E-state index contributed by atoms with van der Waals surface area (Å²) in [5.41, 5.74) is 1.41. The van der Waals surface area contributed by atoms with Gasteiger partial charge < -0.3 is 19.3 Å². The normalized spacial score (nSPS) is 10.7. The summed E-state index contributed by atoms with van der Waals surface area (Å²) in [6.45, 7) is 0. The Kier molecular flexibility index (Phi) is 4.53. The highest BCUT2D eigenvalue weighted by Gasteiger charge is 2.20. The molecular formula is C19H17BrO4. The van der Waals surface area contributed by atoms with Gasteiger partial charge in [-0.1, -0.05) is 24.3 Å². The molecule has 124 valence electrons. The third-order valence-electron chi connectivity index (χ3n) is 3.95. The van der Waals surface area contributed by atoms with Crippen LogP contribution in [-0.4, -0.2) is 26.4 Å². The zero-order chi connectivity index (χ0) is 17.3. The van der Waals surface area contributed by atoms with Crippen molar-refractivity contribution >= 4 is 26.7 Å². The number of ether oxygens (including phenoxy) is 3. The molecule has 5 heteroatoms. The van der Waals surface area contributed by atoms with Gasteiger partial charge in [0.25, 0.3) is 0 Å². The Labute approximate surface area is 148 Å². The van der Waals surface area contributed by atoms with E-state index in [1.165, 1.54) is 0 Å². The van der Waals surface area contributed by atoms with Gasteiger partial charge in [0, 0.05) is 17.2 Å². The molecule has 0 aromatic heterocycles. The average molecular weight is 389 g/mol. The van der Waals surface area contributed by atoms with Gasteiger partial charge in [0.2, 0.25) is 0 Å². The fourth-order valence-corrected chi connectivity index (χ4v) is 3.24. The molecule has 24 heavy (non-hydrogen) atoms. The topological polar surface area (TPSA) is 47.9 Å². The van der Waals surface area contributed by atoms with Crippen LogP contribution in [0.15, 0.2) is 46.9 Å². The lowest BCUT2D eigenvalue weighted by Crippen LogP contribution is -1.95. The van der Waals surface area contributed by atoms with E-state index in [9.17, 15) is 5.11 Å². The van der Waals surface area contributed by atoms with Crippen molar-refractivity contribution in [2.45, 2.75) is 0 Å². The Hall–Kier alpha value is -2.40. The first kappa shape index (κ1) is 16.5. The lowest BCUT2D eigenvalue weighted by atomic mass is 9.96. The number of aromatic hydroxyl groups is 1. The number of halogens is 1. The van der Waals surface area contributed by atoms with Crippen LogP contribution < -0.4 is 14.2 Å². The zero-order valence-corrected chi connectivity index (χ0v) is 15.2. The van der Waals surface area contributed by atoms with Crippen molar-refractivity contribution in [3.63, 3.8) is 0 Å². The fourth-order valence-electron chi connectivity index (χ4n) is 2.80. The summed E-state index contributed by atoms with van der Waals surface area (Å²) in [4.78, 5) is 0. The van der Waals surface area contributed by atoms with E-state index in [0.29, 0.717) is 27.3 Å². The molecule has 0 aliphatic carbocycles. The summed E-state index contributed by atoms with van der Waals surface area (Å²) in [5, 5.41) is 12.6. The van der Waals surface area contributed by atoms with E-state index < -0.39 is 0 Å². The fraction of sp³-hybridized carbons (Fsp3) is 0.158. The highest BCUT2D eigenvalue weighted by molar-refractivity contribution is 9.10. The van der Waals surface area contributed by atoms with Gasteiger partial charge in [-0.25, -0.2) is 0 Å². The van der Waals surface area contributed by atoms with Crippen molar-refractivity contribution in [1.82, 2.24) is 0 Å². The second-order valence-corrected chi connectivity index (χ2v) is 6.06.